The summed E-state index contributed by atoms with van der Waals surface area (Å²) in [5, 5.41) is 7.22. The maximum Gasteiger partial charge on any atom is 0.126 e. The van der Waals surface area contributed by atoms with Gasteiger partial charge in [-0.25, -0.2) is 9.97 Å². The fourth-order valence-electron chi connectivity index (χ4n) is 5.27. The van der Waals surface area contributed by atoms with Crippen molar-refractivity contribution in [3.8, 4) is 0 Å². The third-order valence-electron chi connectivity index (χ3n) is 6.54. The molecule has 3 aromatic rings. The fraction of sp³-hybridized carbons (Fsp3) is 0.448. The minimum absolute atomic E-state index is 0.556. The van der Waals surface area contributed by atoms with Crippen molar-refractivity contribution in [2.45, 2.75) is 87.4 Å². The molecule has 182 valence electrons. The standard InChI is InChI=1S/C29H41N5/c1-8-22-25(15-30)23(9-2)27(17-32-29-14-19(5)12-21(7)34-29)24(10-3)26(22)16-31-28-13-18(4)11-20(6)33-28/h11-14H,8-10,15-17,30H2,1-7H3,(H,31,33)(H,32,34). The van der Waals surface area contributed by atoms with E-state index in [-0.39, 0.29) is 0 Å². The highest BCUT2D eigenvalue weighted by atomic mass is 15.0. The first-order valence-corrected chi connectivity index (χ1v) is 12.6. The van der Waals surface area contributed by atoms with Gasteiger partial charge in [-0.2, -0.15) is 0 Å². The summed E-state index contributed by atoms with van der Waals surface area (Å²) in [4.78, 5) is 9.39. The highest BCUT2D eigenvalue weighted by molar-refractivity contribution is 5.55. The molecule has 0 spiro atoms. The van der Waals surface area contributed by atoms with Crippen LogP contribution < -0.4 is 16.4 Å². The van der Waals surface area contributed by atoms with E-state index < -0.39 is 0 Å². The number of anilines is 2. The van der Waals surface area contributed by atoms with Gasteiger partial charge in [0.25, 0.3) is 0 Å². The Morgan fingerprint density at radius 1 is 0.588 bits per heavy atom. The number of aryl methyl sites for hydroxylation is 4. The van der Waals surface area contributed by atoms with Gasteiger partial charge in [0.15, 0.2) is 0 Å². The predicted octanol–water partition coefficient (Wildman–Crippen LogP) is 6.08. The van der Waals surface area contributed by atoms with Crippen LogP contribution in [0.5, 0.6) is 0 Å². The maximum atomic E-state index is 6.36. The quantitative estimate of drug-likeness (QED) is 0.342. The zero-order valence-electron chi connectivity index (χ0n) is 22.0. The molecule has 0 amide bonds. The van der Waals surface area contributed by atoms with Gasteiger partial charge < -0.3 is 16.4 Å². The van der Waals surface area contributed by atoms with Gasteiger partial charge in [-0.15, -0.1) is 0 Å². The first-order chi connectivity index (χ1) is 16.3. The summed E-state index contributed by atoms with van der Waals surface area (Å²) in [6.07, 6.45) is 2.91. The van der Waals surface area contributed by atoms with Crippen LogP contribution in [0.3, 0.4) is 0 Å². The topological polar surface area (TPSA) is 75.9 Å². The molecule has 0 saturated carbocycles. The van der Waals surface area contributed by atoms with Crippen LogP contribution in [-0.4, -0.2) is 9.97 Å². The molecule has 0 fully saturated rings. The lowest BCUT2D eigenvalue weighted by Gasteiger charge is -2.26. The molecule has 0 aliphatic heterocycles. The van der Waals surface area contributed by atoms with Crippen molar-refractivity contribution in [1.29, 1.82) is 0 Å². The number of rotatable bonds is 10. The van der Waals surface area contributed by atoms with Crippen LogP contribution >= 0.6 is 0 Å². The van der Waals surface area contributed by atoms with Crippen LogP contribution in [-0.2, 0) is 38.9 Å². The first kappa shape index (κ1) is 25.7. The van der Waals surface area contributed by atoms with Gasteiger partial charge in [0.2, 0.25) is 0 Å². The number of nitrogens with two attached hydrogens (primary N) is 1. The van der Waals surface area contributed by atoms with E-state index in [1.54, 1.807) is 0 Å². The average molecular weight is 460 g/mol. The average Bonchev–Trinajstić information content (AvgIpc) is 2.78. The lowest BCUT2D eigenvalue weighted by molar-refractivity contribution is 0.869. The highest BCUT2D eigenvalue weighted by Gasteiger charge is 2.21. The summed E-state index contributed by atoms with van der Waals surface area (Å²) in [5.41, 5.74) is 19.1. The van der Waals surface area contributed by atoms with Crippen molar-refractivity contribution < 1.29 is 0 Å². The van der Waals surface area contributed by atoms with Gasteiger partial charge >= 0.3 is 0 Å². The van der Waals surface area contributed by atoms with Crippen molar-refractivity contribution in [2.24, 2.45) is 5.73 Å². The second kappa shape index (κ2) is 11.5. The molecule has 2 heterocycles. The second-order valence-corrected chi connectivity index (χ2v) is 9.19. The van der Waals surface area contributed by atoms with Crippen molar-refractivity contribution in [2.75, 3.05) is 10.6 Å². The molecule has 34 heavy (non-hydrogen) atoms. The number of hydrogen-bond donors (Lipinski definition) is 3. The predicted molar refractivity (Wildman–Crippen MR) is 145 cm³/mol. The van der Waals surface area contributed by atoms with Crippen molar-refractivity contribution in [3.63, 3.8) is 0 Å². The molecule has 5 heteroatoms. The normalized spacial score (nSPS) is 11.1. The third-order valence-corrected chi connectivity index (χ3v) is 6.54. The van der Waals surface area contributed by atoms with Gasteiger partial charge in [0.1, 0.15) is 11.6 Å². The number of pyridine rings is 2. The summed E-state index contributed by atoms with van der Waals surface area (Å²) in [6.45, 7) is 17.1. The maximum absolute atomic E-state index is 6.36. The zero-order chi connectivity index (χ0) is 24.8. The van der Waals surface area contributed by atoms with Crippen molar-refractivity contribution in [1.82, 2.24) is 9.97 Å². The number of hydrogen-bond acceptors (Lipinski definition) is 5. The molecular formula is C29H41N5. The Hall–Kier alpha value is -2.92. The Balaban J connectivity index is 2.06. The van der Waals surface area contributed by atoms with Gasteiger partial charge in [0.05, 0.1) is 0 Å². The Bertz CT molecular complexity index is 1020. The van der Waals surface area contributed by atoms with E-state index in [9.17, 15) is 0 Å². The van der Waals surface area contributed by atoms with Crippen molar-refractivity contribution in [3.05, 3.63) is 80.2 Å². The van der Waals surface area contributed by atoms with Gasteiger partial charge in [-0.05, 0) is 116 Å². The number of aromatic nitrogens is 2. The zero-order valence-corrected chi connectivity index (χ0v) is 22.0. The van der Waals surface area contributed by atoms with Crippen LogP contribution in [0.2, 0.25) is 0 Å². The van der Waals surface area contributed by atoms with E-state index in [2.05, 4.69) is 69.5 Å². The Kier molecular flexibility index (Phi) is 8.67. The molecular weight excluding hydrogens is 418 g/mol. The van der Waals surface area contributed by atoms with Crippen LogP contribution in [0.4, 0.5) is 11.6 Å². The lowest BCUT2D eigenvalue weighted by atomic mass is 9.83. The minimum Gasteiger partial charge on any atom is -0.366 e. The first-order valence-electron chi connectivity index (χ1n) is 12.6. The van der Waals surface area contributed by atoms with E-state index in [4.69, 9.17) is 15.7 Å². The Morgan fingerprint density at radius 3 is 1.29 bits per heavy atom. The molecule has 0 aliphatic carbocycles. The van der Waals surface area contributed by atoms with Crippen LogP contribution in [0.1, 0.15) is 76.7 Å². The SMILES string of the molecule is CCc1c(CN)c(CC)c(CNc2cc(C)cc(C)n2)c(CC)c1CNc1cc(C)cc(C)n1. The molecule has 0 unspecified atom stereocenters. The molecule has 0 atom stereocenters. The summed E-state index contributed by atoms with van der Waals surface area (Å²) >= 11 is 0. The van der Waals surface area contributed by atoms with Crippen LogP contribution in [0.15, 0.2) is 24.3 Å². The van der Waals surface area contributed by atoms with Gasteiger partial charge in [-0.3, -0.25) is 0 Å². The van der Waals surface area contributed by atoms with Crippen LogP contribution in [0, 0.1) is 27.7 Å². The lowest BCUT2D eigenvalue weighted by Crippen LogP contribution is -2.19. The molecule has 3 rings (SSSR count). The Morgan fingerprint density at radius 2 is 0.971 bits per heavy atom. The Labute approximate surface area is 205 Å². The van der Waals surface area contributed by atoms with Crippen molar-refractivity contribution >= 4 is 11.6 Å². The smallest absolute Gasteiger partial charge is 0.126 e. The van der Waals surface area contributed by atoms with E-state index in [1.807, 2.05) is 13.8 Å². The minimum atomic E-state index is 0.556. The third kappa shape index (κ3) is 5.76. The fourth-order valence-corrected chi connectivity index (χ4v) is 5.27. The van der Waals surface area contributed by atoms with E-state index in [1.165, 1.54) is 44.5 Å². The van der Waals surface area contributed by atoms with Crippen LogP contribution in [0.25, 0.3) is 0 Å². The molecule has 0 aliphatic rings. The molecule has 4 N–H and O–H groups in total. The molecule has 5 nitrogen and oxygen atoms in total. The summed E-state index contributed by atoms with van der Waals surface area (Å²) in [6, 6.07) is 8.44. The van der Waals surface area contributed by atoms with Gasteiger partial charge in [0, 0.05) is 31.0 Å². The summed E-state index contributed by atoms with van der Waals surface area (Å²) in [7, 11) is 0. The summed E-state index contributed by atoms with van der Waals surface area (Å²) in [5.74, 6) is 1.85. The van der Waals surface area contributed by atoms with E-state index in [0.717, 1.165) is 55.4 Å². The number of nitrogens with one attached hydrogen (secondary N) is 2. The van der Waals surface area contributed by atoms with E-state index in [0.29, 0.717) is 6.54 Å². The van der Waals surface area contributed by atoms with E-state index >= 15 is 0 Å². The second-order valence-electron chi connectivity index (χ2n) is 9.19. The number of nitrogens with zero attached hydrogens (tertiary/aromatic N) is 2. The largest absolute Gasteiger partial charge is 0.366 e. The summed E-state index contributed by atoms with van der Waals surface area (Å²) < 4.78 is 0. The van der Waals surface area contributed by atoms with Gasteiger partial charge in [-0.1, -0.05) is 20.8 Å². The molecule has 1 aromatic carbocycles. The monoisotopic (exact) mass is 459 g/mol. The molecule has 0 radical (unpaired) electrons. The molecule has 2 aromatic heterocycles. The molecule has 0 bridgehead atoms. The highest BCUT2D eigenvalue weighted by Crippen LogP contribution is 2.31. The number of benzene rings is 1. The molecule has 0 saturated heterocycles.